The number of aryl methyl sites for hydroxylation is 3. The smallest absolute Gasteiger partial charge is 0.111 e. The van der Waals surface area contributed by atoms with Gasteiger partial charge in [-0.25, -0.2) is 4.98 Å². The second-order valence-corrected chi connectivity index (χ2v) is 5.23. The molecule has 2 aromatic heterocycles. The van der Waals surface area contributed by atoms with Crippen LogP contribution in [0, 0.1) is 0 Å². The molecule has 0 saturated heterocycles. The van der Waals surface area contributed by atoms with Gasteiger partial charge in [0.1, 0.15) is 5.82 Å². The van der Waals surface area contributed by atoms with E-state index in [9.17, 15) is 0 Å². The molecule has 2 heterocycles. The highest BCUT2D eigenvalue weighted by Gasteiger charge is 2.11. The van der Waals surface area contributed by atoms with E-state index in [0.29, 0.717) is 10.9 Å². The minimum atomic E-state index is 0.542. The minimum Gasteiger partial charge on any atom is -0.326 e. The van der Waals surface area contributed by atoms with Crippen LogP contribution in [-0.4, -0.2) is 30.4 Å². The van der Waals surface area contributed by atoms with E-state index < -0.39 is 0 Å². The molecule has 0 fully saturated rings. The number of alkyl halides is 1. The number of halogens is 2. The molecule has 0 amide bonds. The highest BCUT2D eigenvalue weighted by molar-refractivity contribution is 6.31. The molecule has 0 aliphatic carbocycles. The van der Waals surface area contributed by atoms with Crippen LogP contribution in [0.3, 0.4) is 0 Å². The van der Waals surface area contributed by atoms with Crippen molar-refractivity contribution in [2.75, 3.05) is 5.88 Å². The number of rotatable bonds is 5. The number of benzene rings is 1. The Morgan fingerprint density at radius 3 is 2.85 bits per heavy atom. The first-order valence-electron chi connectivity index (χ1n) is 6.32. The Morgan fingerprint density at radius 2 is 2.10 bits per heavy atom. The van der Waals surface area contributed by atoms with E-state index in [1.54, 1.807) is 10.9 Å². The summed E-state index contributed by atoms with van der Waals surface area (Å²) in [7, 11) is 0. The van der Waals surface area contributed by atoms with Crippen molar-refractivity contribution in [1.82, 2.24) is 24.5 Å². The van der Waals surface area contributed by atoms with Gasteiger partial charge < -0.3 is 4.57 Å². The Kier molecular flexibility index (Phi) is 3.89. The van der Waals surface area contributed by atoms with E-state index in [-0.39, 0.29) is 0 Å². The fraction of sp³-hybridized carbons (Fsp3) is 0.308. The predicted molar refractivity (Wildman–Crippen MR) is 79.2 cm³/mol. The van der Waals surface area contributed by atoms with Gasteiger partial charge in [0.2, 0.25) is 0 Å². The predicted octanol–water partition coefficient (Wildman–Crippen LogP) is 2.76. The third-order valence-electron chi connectivity index (χ3n) is 3.13. The van der Waals surface area contributed by atoms with Gasteiger partial charge in [0, 0.05) is 30.1 Å². The van der Waals surface area contributed by atoms with E-state index in [1.165, 1.54) is 0 Å². The summed E-state index contributed by atoms with van der Waals surface area (Å²) in [5.41, 5.74) is 1.96. The monoisotopic (exact) mass is 309 g/mol. The largest absolute Gasteiger partial charge is 0.326 e. The molecule has 20 heavy (non-hydrogen) atoms. The molecule has 0 aliphatic heterocycles. The molecule has 0 unspecified atom stereocenters. The number of aromatic nitrogens is 5. The molecule has 1 aromatic carbocycles. The van der Waals surface area contributed by atoms with Crippen LogP contribution >= 0.6 is 23.2 Å². The summed E-state index contributed by atoms with van der Waals surface area (Å²) in [6.45, 7) is 1.49. The summed E-state index contributed by atoms with van der Waals surface area (Å²) in [4.78, 5) is 4.62. The summed E-state index contributed by atoms with van der Waals surface area (Å²) in [6.07, 6.45) is 4.24. The van der Waals surface area contributed by atoms with E-state index in [0.717, 1.165) is 36.4 Å². The summed E-state index contributed by atoms with van der Waals surface area (Å²) >= 11 is 11.9. The number of nitrogens with zero attached hydrogens (tertiary/aromatic N) is 5. The van der Waals surface area contributed by atoms with Crippen LogP contribution < -0.4 is 0 Å². The van der Waals surface area contributed by atoms with Crippen molar-refractivity contribution >= 4 is 34.2 Å². The number of hydrogen-bond acceptors (Lipinski definition) is 3. The van der Waals surface area contributed by atoms with E-state index >= 15 is 0 Å². The first kappa shape index (κ1) is 13.4. The summed E-state index contributed by atoms with van der Waals surface area (Å²) < 4.78 is 3.94. The molecule has 0 N–H and O–H groups in total. The third-order valence-corrected chi connectivity index (χ3v) is 3.56. The van der Waals surface area contributed by atoms with Gasteiger partial charge in [-0.1, -0.05) is 16.8 Å². The molecular weight excluding hydrogens is 297 g/mol. The standard InChI is InChI=1S/C13H13Cl2N5/c14-4-3-13-17-11-2-1-10(15)9-12(11)20(13)8-7-19-6-5-16-18-19/h1-2,5-6,9H,3-4,7-8H2. The summed E-state index contributed by atoms with van der Waals surface area (Å²) in [5.74, 6) is 1.51. The fourth-order valence-corrected chi connectivity index (χ4v) is 2.56. The van der Waals surface area contributed by atoms with Crippen molar-refractivity contribution < 1.29 is 0 Å². The molecule has 0 atom stereocenters. The first-order chi connectivity index (χ1) is 9.78. The molecule has 3 aromatic rings. The molecule has 3 rings (SSSR count). The average Bonchev–Trinajstić information content (AvgIpc) is 3.04. The van der Waals surface area contributed by atoms with Gasteiger partial charge in [-0.3, -0.25) is 4.68 Å². The van der Waals surface area contributed by atoms with Crippen LogP contribution in [0.15, 0.2) is 30.6 Å². The maximum absolute atomic E-state index is 6.08. The molecule has 0 spiro atoms. The van der Waals surface area contributed by atoms with Crippen LogP contribution in [0.4, 0.5) is 0 Å². The van der Waals surface area contributed by atoms with Crippen molar-refractivity contribution in [3.05, 3.63) is 41.4 Å². The van der Waals surface area contributed by atoms with Gasteiger partial charge in [-0.2, -0.15) is 0 Å². The van der Waals surface area contributed by atoms with Crippen LogP contribution in [0.2, 0.25) is 5.02 Å². The Bertz CT molecular complexity index is 705. The fourth-order valence-electron chi connectivity index (χ4n) is 2.23. The number of fused-ring (bicyclic) bond motifs is 1. The first-order valence-corrected chi connectivity index (χ1v) is 7.24. The Labute approximate surface area is 126 Å². The van der Waals surface area contributed by atoms with E-state index in [4.69, 9.17) is 23.2 Å². The van der Waals surface area contributed by atoms with Crippen LogP contribution in [0.25, 0.3) is 11.0 Å². The van der Waals surface area contributed by atoms with Gasteiger partial charge in [-0.15, -0.1) is 16.7 Å². The molecule has 0 saturated carbocycles. The van der Waals surface area contributed by atoms with Crippen molar-refractivity contribution in [2.24, 2.45) is 0 Å². The third kappa shape index (κ3) is 2.64. The topological polar surface area (TPSA) is 48.5 Å². The van der Waals surface area contributed by atoms with Crippen LogP contribution in [-0.2, 0) is 19.5 Å². The van der Waals surface area contributed by atoms with Crippen molar-refractivity contribution in [3.63, 3.8) is 0 Å². The second kappa shape index (κ2) is 5.81. The quantitative estimate of drug-likeness (QED) is 0.681. The Morgan fingerprint density at radius 1 is 1.20 bits per heavy atom. The zero-order valence-corrected chi connectivity index (χ0v) is 12.2. The Hall–Kier alpha value is -1.59. The average molecular weight is 310 g/mol. The van der Waals surface area contributed by atoms with Crippen molar-refractivity contribution in [2.45, 2.75) is 19.5 Å². The maximum Gasteiger partial charge on any atom is 0.111 e. The van der Waals surface area contributed by atoms with Crippen LogP contribution in [0.5, 0.6) is 0 Å². The zero-order valence-electron chi connectivity index (χ0n) is 10.7. The highest BCUT2D eigenvalue weighted by Crippen LogP contribution is 2.21. The minimum absolute atomic E-state index is 0.542. The molecule has 104 valence electrons. The maximum atomic E-state index is 6.08. The molecule has 0 radical (unpaired) electrons. The van der Waals surface area contributed by atoms with Gasteiger partial charge in [0.25, 0.3) is 0 Å². The normalized spacial score (nSPS) is 11.3. The lowest BCUT2D eigenvalue weighted by Gasteiger charge is -2.08. The van der Waals surface area contributed by atoms with Crippen LogP contribution in [0.1, 0.15) is 5.82 Å². The van der Waals surface area contributed by atoms with Crippen molar-refractivity contribution in [3.8, 4) is 0 Å². The summed E-state index contributed by atoms with van der Waals surface area (Å²) in [6, 6.07) is 5.72. The van der Waals surface area contributed by atoms with E-state index in [2.05, 4.69) is 19.9 Å². The lowest BCUT2D eigenvalue weighted by molar-refractivity contribution is 0.516. The highest BCUT2D eigenvalue weighted by atomic mass is 35.5. The summed E-state index contributed by atoms with van der Waals surface area (Å²) in [5, 5.41) is 8.48. The van der Waals surface area contributed by atoms with Gasteiger partial charge >= 0.3 is 0 Å². The molecular formula is C13H13Cl2N5. The molecule has 5 nitrogen and oxygen atoms in total. The number of imidazole rings is 1. The zero-order chi connectivity index (χ0) is 13.9. The van der Waals surface area contributed by atoms with Crippen molar-refractivity contribution in [1.29, 1.82) is 0 Å². The lowest BCUT2D eigenvalue weighted by Crippen LogP contribution is -2.11. The van der Waals surface area contributed by atoms with Gasteiger partial charge in [0.15, 0.2) is 0 Å². The number of hydrogen-bond donors (Lipinski definition) is 0. The molecule has 7 heteroatoms. The second-order valence-electron chi connectivity index (χ2n) is 4.42. The molecule has 0 aliphatic rings. The molecule has 0 bridgehead atoms. The SMILES string of the molecule is ClCCc1nc2ccc(Cl)cc2n1CCn1ccnn1. The van der Waals surface area contributed by atoms with Gasteiger partial charge in [-0.05, 0) is 18.2 Å². The van der Waals surface area contributed by atoms with Gasteiger partial charge in [0.05, 0.1) is 23.8 Å². The Balaban J connectivity index is 1.96. The van der Waals surface area contributed by atoms with E-state index in [1.807, 2.05) is 24.4 Å². The lowest BCUT2D eigenvalue weighted by atomic mass is 10.3.